The Balaban J connectivity index is 2.01. The van der Waals surface area contributed by atoms with Crippen LogP contribution < -0.4 is 11.3 Å². The molecule has 0 spiro atoms. The summed E-state index contributed by atoms with van der Waals surface area (Å²) in [5, 5.41) is 1.18. The van der Waals surface area contributed by atoms with Gasteiger partial charge in [-0.25, -0.2) is 5.84 Å². The Hall–Kier alpha value is -3.37. The van der Waals surface area contributed by atoms with Crippen LogP contribution in [0.5, 0.6) is 0 Å². The minimum atomic E-state index is -0.173. The number of hydrazine groups is 1. The SMILES string of the molecule is NNC(=O)CCn1c(-c2ccccc2)c(-c2ccccc2)c2ccccc21. The highest BCUT2D eigenvalue weighted by Gasteiger charge is 2.19. The van der Waals surface area contributed by atoms with Crippen molar-refractivity contribution in [2.75, 3.05) is 0 Å². The van der Waals surface area contributed by atoms with E-state index in [4.69, 9.17) is 5.84 Å². The average molecular weight is 355 g/mol. The third-order valence-electron chi connectivity index (χ3n) is 4.80. The number of nitrogens with zero attached hydrogens (tertiary/aromatic N) is 1. The Morgan fingerprint density at radius 2 is 1.41 bits per heavy atom. The molecule has 134 valence electrons. The van der Waals surface area contributed by atoms with E-state index in [0.29, 0.717) is 13.0 Å². The second-order valence-electron chi connectivity index (χ2n) is 6.44. The normalized spacial score (nSPS) is 10.9. The van der Waals surface area contributed by atoms with Crippen LogP contribution in [-0.4, -0.2) is 10.5 Å². The van der Waals surface area contributed by atoms with E-state index >= 15 is 0 Å². The van der Waals surface area contributed by atoms with Crippen molar-refractivity contribution in [2.45, 2.75) is 13.0 Å². The first-order valence-corrected chi connectivity index (χ1v) is 9.01. The van der Waals surface area contributed by atoms with Crippen LogP contribution in [0.3, 0.4) is 0 Å². The van der Waals surface area contributed by atoms with Gasteiger partial charge in [-0.1, -0.05) is 78.9 Å². The lowest BCUT2D eigenvalue weighted by atomic mass is 9.98. The molecule has 0 aliphatic carbocycles. The monoisotopic (exact) mass is 355 g/mol. The molecular formula is C23H21N3O. The molecule has 4 aromatic rings. The van der Waals surface area contributed by atoms with Gasteiger partial charge >= 0.3 is 0 Å². The summed E-state index contributed by atoms with van der Waals surface area (Å²) in [6, 6.07) is 29.0. The number of para-hydroxylation sites is 1. The predicted molar refractivity (Wildman–Crippen MR) is 110 cm³/mol. The highest BCUT2D eigenvalue weighted by Crippen LogP contribution is 2.40. The molecule has 0 aliphatic heterocycles. The van der Waals surface area contributed by atoms with Crippen LogP contribution in [0.15, 0.2) is 84.9 Å². The van der Waals surface area contributed by atoms with Crippen LogP contribution in [0.25, 0.3) is 33.3 Å². The minimum Gasteiger partial charge on any atom is -0.339 e. The zero-order chi connectivity index (χ0) is 18.6. The quantitative estimate of drug-likeness (QED) is 0.317. The summed E-state index contributed by atoms with van der Waals surface area (Å²) < 4.78 is 2.22. The van der Waals surface area contributed by atoms with Crippen molar-refractivity contribution in [3.63, 3.8) is 0 Å². The number of benzene rings is 3. The van der Waals surface area contributed by atoms with E-state index < -0.39 is 0 Å². The molecule has 27 heavy (non-hydrogen) atoms. The van der Waals surface area contributed by atoms with Gasteiger partial charge in [0, 0.05) is 29.4 Å². The van der Waals surface area contributed by atoms with Crippen molar-refractivity contribution in [3.8, 4) is 22.4 Å². The van der Waals surface area contributed by atoms with Crippen molar-refractivity contribution >= 4 is 16.8 Å². The molecule has 1 amide bonds. The molecule has 4 heteroatoms. The van der Waals surface area contributed by atoms with Gasteiger partial charge in [0.25, 0.3) is 0 Å². The predicted octanol–water partition coefficient (Wildman–Crippen LogP) is 4.36. The molecule has 4 rings (SSSR count). The first kappa shape index (κ1) is 17.1. The van der Waals surface area contributed by atoms with Gasteiger partial charge in [-0.15, -0.1) is 0 Å². The van der Waals surface area contributed by atoms with Gasteiger partial charge in [-0.05, 0) is 17.2 Å². The maximum absolute atomic E-state index is 11.8. The highest BCUT2D eigenvalue weighted by atomic mass is 16.2. The van der Waals surface area contributed by atoms with Crippen molar-refractivity contribution in [2.24, 2.45) is 5.84 Å². The molecule has 0 atom stereocenters. The molecule has 4 nitrogen and oxygen atoms in total. The molecular weight excluding hydrogens is 334 g/mol. The lowest BCUT2D eigenvalue weighted by Crippen LogP contribution is -2.30. The number of nitrogens with one attached hydrogen (secondary N) is 1. The van der Waals surface area contributed by atoms with Crippen LogP contribution in [0.2, 0.25) is 0 Å². The lowest BCUT2D eigenvalue weighted by molar-refractivity contribution is -0.121. The number of hydrogen-bond donors (Lipinski definition) is 2. The fourth-order valence-corrected chi connectivity index (χ4v) is 3.61. The van der Waals surface area contributed by atoms with Gasteiger partial charge < -0.3 is 4.57 Å². The van der Waals surface area contributed by atoms with Gasteiger partial charge in [0.15, 0.2) is 0 Å². The van der Waals surface area contributed by atoms with Crippen molar-refractivity contribution in [3.05, 3.63) is 84.9 Å². The number of rotatable bonds is 5. The van der Waals surface area contributed by atoms with Crippen molar-refractivity contribution in [1.82, 2.24) is 9.99 Å². The van der Waals surface area contributed by atoms with Gasteiger partial charge in [-0.2, -0.15) is 0 Å². The number of hydrogen-bond acceptors (Lipinski definition) is 2. The molecule has 3 aromatic carbocycles. The van der Waals surface area contributed by atoms with Gasteiger partial charge in [-0.3, -0.25) is 10.2 Å². The van der Waals surface area contributed by atoms with E-state index in [0.717, 1.165) is 22.3 Å². The molecule has 3 N–H and O–H groups in total. The van der Waals surface area contributed by atoms with Gasteiger partial charge in [0.2, 0.25) is 5.91 Å². The molecule has 0 radical (unpaired) electrons. The molecule has 0 aliphatic rings. The fourth-order valence-electron chi connectivity index (χ4n) is 3.61. The number of nitrogens with two attached hydrogens (primary N) is 1. The second-order valence-corrected chi connectivity index (χ2v) is 6.44. The first-order valence-electron chi connectivity index (χ1n) is 9.01. The van der Waals surface area contributed by atoms with Crippen molar-refractivity contribution in [1.29, 1.82) is 0 Å². The number of aryl methyl sites for hydroxylation is 1. The molecule has 0 unspecified atom stereocenters. The molecule has 0 saturated heterocycles. The number of carbonyl (C=O) groups is 1. The maximum Gasteiger partial charge on any atom is 0.235 e. The summed E-state index contributed by atoms with van der Waals surface area (Å²) in [5.74, 6) is 5.11. The number of carbonyl (C=O) groups excluding carboxylic acids is 1. The van der Waals surface area contributed by atoms with Crippen LogP contribution in [-0.2, 0) is 11.3 Å². The van der Waals surface area contributed by atoms with Gasteiger partial charge in [0.05, 0.1) is 5.69 Å². The fraction of sp³-hybridized carbons (Fsp3) is 0.0870. The average Bonchev–Trinajstić information content (AvgIpc) is 3.07. The number of fused-ring (bicyclic) bond motifs is 1. The van der Waals surface area contributed by atoms with E-state index in [1.165, 1.54) is 10.9 Å². The molecule has 1 aromatic heterocycles. The summed E-state index contributed by atoms with van der Waals surface area (Å²) in [6.45, 7) is 0.556. The molecule has 0 fully saturated rings. The third kappa shape index (κ3) is 3.23. The van der Waals surface area contributed by atoms with E-state index in [1.54, 1.807) is 0 Å². The maximum atomic E-state index is 11.8. The summed E-state index contributed by atoms with van der Waals surface area (Å²) in [4.78, 5) is 11.8. The summed E-state index contributed by atoms with van der Waals surface area (Å²) in [5.41, 5.74) is 7.93. The molecule has 0 bridgehead atoms. The lowest BCUT2D eigenvalue weighted by Gasteiger charge is -2.13. The largest absolute Gasteiger partial charge is 0.339 e. The Labute approximate surface area is 158 Å². The zero-order valence-corrected chi connectivity index (χ0v) is 14.9. The van der Waals surface area contributed by atoms with E-state index in [2.05, 4.69) is 64.6 Å². The van der Waals surface area contributed by atoms with Crippen LogP contribution in [0, 0.1) is 0 Å². The van der Waals surface area contributed by atoms with E-state index in [-0.39, 0.29) is 5.91 Å². The van der Waals surface area contributed by atoms with Crippen LogP contribution >= 0.6 is 0 Å². The minimum absolute atomic E-state index is 0.173. The topological polar surface area (TPSA) is 60.0 Å². The Morgan fingerprint density at radius 3 is 2.07 bits per heavy atom. The molecule has 0 saturated carbocycles. The zero-order valence-electron chi connectivity index (χ0n) is 14.9. The number of aromatic nitrogens is 1. The van der Waals surface area contributed by atoms with Crippen LogP contribution in [0.4, 0.5) is 0 Å². The van der Waals surface area contributed by atoms with Crippen LogP contribution in [0.1, 0.15) is 6.42 Å². The number of amides is 1. The smallest absolute Gasteiger partial charge is 0.235 e. The van der Waals surface area contributed by atoms with Crippen molar-refractivity contribution < 1.29 is 4.79 Å². The van der Waals surface area contributed by atoms with E-state index in [1.807, 2.05) is 30.3 Å². The summed E-state index contributed by atoms with van der Waals surface area (Å²) in [7, 11) is 0. The highest BCUT2D eigenvalue weighted by molar-refractivity contribution is 6.04. The standard InChI is InChI=1S/C23H21N3O/c24-25-21(27)15-16-26-20-14-8-7-13-19(20)22(17-9-3-1-4-10-17)23(26)18-11-5-2-6-12-18/h1-14H,15-16,24H2,(H,25,27). The van der Waals surface area contributed by atoms with E-state index in [9.17, 15) is 4.79 Å². The second kappa shape index (κ2) is 7.48. The van der Waals surface area contributed by atoms with Gasteiger partial charge in [0.1, 0.15) is 0 Å². The Kier molecular flexibility index (Phi) is 4.73. The Morgan fingerprint density at radius 1 is 0.815 bits per heavy atom. The first-order chi connectivity index (χ1) is 13.3. The summed E-state index contributed by atoms with van der Waals surface area (Å²) >= 11 is 0. The Bertz CT molecular complexity index is 1070. The summed E-state index contributed by atoms with van der Waals surface area (Å²) in [6.07, 6.45) is 0.323. The third-order valence-corrected chi connectivity index (χ3v) is 4.80. The molecule has 1 heterocycles.